The van der Waals surface area contributed by atoms with E-state index in [4.69, 9.17) is 11.6 Å². The molecule has 2 aromatic carbocycles. The highest BCUT2D eigenvalue weighted by Crippen LogP contribution is 2.31. The summed E-state index contributed by atoms with van der Waals surface area (Å²) in [5.74, 6) is 0.510. The summed E-state index contributed by atoms with van der Waals surface area (Å²) in [4.78, 5) is 8.57. The summed E-state index contributed by atoms with van der Waals surface area (Å²) in [7, 11) is 0. The van der Waals surface area contributed by atoms with Crippen LogP contribution in [-0.2, 0) is 12.7 Å². The van der Waals surface area contributed by atoms with Crippen molar-refractivity contribution in [3.63, 3.8) is 0 Å². The molecule has 0 aliphatic heterocycles. The first kappa shape index (κ1) is 17.2. The van der Waals surface area contributed by atoms with Gasteiger partial charge < -0.3 is 5.32 Å². The molecule has 0 amide bonds. The zero-order valence-corrected chi connectivity index (χ0v) is 13.6. The Kier molecular flexibility index (Phi) is 4.90. The fraction of sp³-hybridized carbons (Fsp3) is 0.111. The predicted octanol–water partition coefficient (Wildman–Crippen LogP) is 5.43. The average molecular weight is 364 g/mol. The van der Waals surface area contributed by atoms with Gasteiger partial charge in [0.15, 0.2) is 5.82 Å². The van der Waals surface area contributed by atoms with E-state index in [0.717, 1.165) is 17.7 Å². The summed E-state index contributed by atoms with van der Waals surface area (Å²) in [6, 6.07) is 12.2. The van der Waals surface area contributed by atoms with Crippen LogP contribution >= 0.6 is 11.6 Å². The molecule has 3 nitrogen and oxygen atoms in total. The van der Waals surface area contributed by atoms with Crippen LogP contribution in [-0.4, -0.2) is 9.97 Å². The zero-order valence-electron chi connectivity index (χ0n) is 12.9. The normalized spacial score (nSPS) is 11.4. The number of nitrogens with one attached hydrogen (secondary N) is 1. The van der Waals surface area contributed by atoms with Gasteiger partial charge in [-0.1, -0.05) is 41.9 Å². The first-order valence-corrected chi connectivity index (χ1v) is 7.79. The van der Waals surface area contributed by atoms with Crippen molar-refractivity contribution in [3.8, 4) is 11.3 Å². The molecule has 0 bridgehead atoms. The lowest BCUT2D eigenvalue weighted by Gasteiger charge is -2.12. The van der Waals surface area contributed by atoms with Crippen molar-refractivity contribution < 1.29 is 13.2 Å². The van der Waals surface area contributed by atoms with Crippen LogP contribution in [0.3, 0.4) is 0 Å². The predicted molar refractivity (Wildman–Crippen MR) is 91.2 cm³/mol. The summed E-state index contributed by atoms with van der Waals surface area (Å²) in [6.07, 6.45) is -1.24. The van der Waals surface area contributed by atoms with Crippen molar-refractivity contribution in [1.29, 1.82) is 0 Å². The smallest absolute Gasteiger partial charge is 0.364 e. The molecule has 0 aliphatic carbocycles. The van der Waals surface area contributed by atoms with E-state index in [2.05, 4.69) is 15.3 Å². The molecule has 7 heteroatoms. The summed E-state index contributed by atoms with van der Waals surface area (Å²) < 4.78 is 37.8. The maximum absolute atomic E-state index is 12.6. The van der Waals surface area contributed by atoms with E-state index in [0.29, 0.717) is 28.6 Å². The van der Waals surface area contributed by atoms with Crippen LogP contribution in [0.1, 0.15) is 11.1 Å². The highest BCUT2D eigenvalue weighted by Gasteiger charge is 2.29. The molecule has 0 spiro atoms. The number of rotatable bonds is 4. The topological polar surface area (TPSA) is 37.8 Å². The minimum atomic E-state index is -4.34. The number of halogens is 4. The quantitative estimate of drug-likeness (QED) is 0.671. The van der Waals surface area contributed by atoms with Crippen molar-refractivity contribution in [2.75, 3.05) is 5.32 Å². The van der Waals surface area contributed by atoms with Gasteiger partial charge in [-0.3, -0.25) is 4.98 Å². The molecule has 1 N–H and O–H groups in total. The van der Waals surface area contributed by atoms with Crippen LogP contribution in [0.15, 0.2) is 60.9 Å². The van der Waals surface area contributed by atoms with Gasteiger partial charge >= 0.3 is 6.18 Å². The van der Waals surface area contributed by atoms with E-state index >= 15 is 0 Å². The van der Waals surface area contributed by atoms with E-state index < -0.39 is 11.7 Å². The fourth-order valence-corrected chi connectivity index (χ4v) is 2.54. The Morgan fingerprint density at radius 1 is 0.920 bits per heavy atom. The highest BCUT2D eigenvalue weighted by atomic mass is 35.5. The lowest BCUT2D eigenvalue weighted by molar-refractivity contribution is -0.137. The molecule has 3 aromatic rings. The Balaban J connectivity index is 1.80. The fourth-order valence-electron chi connectivity index (χ4n) is 2.32. The zero-order chi connectivity index (χ0) is 17.9. The van der Waals surface area contributed by atoms with Gasteiger partial charge in [-0.2, -0.15) is 13.2 Å². The van der Waals surface area contributed by atoms with E-state index in [1.54, 1.807) is 12.3 Å². The van der Waals surface area contributed by atoms with Crippen LogP contribution < -0.4 is 5.32 Å². The van der Waals surface area contributed by atoms with Gasteiger partial charge in [0.25, 0.3) is 0 Å². The van der Waals surface area contributed by atoms with Crippen LogP contribution in [0.25, 0.3) is 11.3 Å². The third-order valence-electron chi connectivity index (χ3n) is 3.57. The number of hydrogen-bond acceptors (Lipinski definition) is 3. The van der Waals surface area contributed by atoms with Crippen molar-refractivity contribution in [2.45, 2.75) is 12.7 Å². The summed E-state index contributed by atoms with van der Waals surface area (Å²) >= 11 is 6.21. The molecule has 3 rings (SSSR count). The van der Waals surface area contributed by atoms with Crippen LogP contribution in [0.4, 0.5) is 19.0 Å². The summed E-state index contributed by atoms with van der Waals surface area (Å²) in [5.41, 5.74) is 1.34. The van der Waals surface area contributed by atoms with Crippen molar-refractivity contribution in [1.82, 2.24) is 9.97 Å². The maximum Gasteiger partial charge on any atom is 0.416 e. The van der Waals surface area contributed by atoms with E-state index in [-0.39, 0.29) is 0 Å². The van der Waals surface area contributed by atoms with Gasteiger partial charge in [-0.05, 0) is 23.8 Å². The molecule has 128 valence electrons. The Morgan fingerprint density at radius 3 is 2.28 bits per heavy atom. The third-order valence-corrected chi connectivity index (χ3v) is 3.90. The second-order valence-electron chi connectivity index (χ2n) is 5.28. The monoisotopic (exact) mass is 363 g/mol. The van der Waals surface area contributed by atoms with Crippen molar-refractivity contribution in [3.05, 3.63) is 77.1 Å². The minimum absolute atomic E-state index is 0.314. The maximum atomic E-state index is 12.6. The molecule has 0 radical (unpaired) electrons. The number of hydrogen-bond donors (Lipinski definition) is 1. The lowest BCUT2D eigenvalue weighted by atomic mass is 10.1. The van der Waals surface area contributed by atoms with Crippen molar-refractivity contribution in [2.24, 2.45) is 0 Å². The number of anilines is 1. The molecule has 0 atom stereocenters. The van der Waals surface area contributed by atoms with Gasteiger partial charge in [0.2, 0.25) is 0 Å². The molecule has 25 heavy (non-hydrogen) atoms. The van der Waals surface area contributed by atoms with Gasteiger partial charge in [0, 0.05) is 24.5 Å². The van der Waals surface area contributed by atoms with E-state index in [1.807, 2.05) is 18.2 Å². The largest absolute Gasteiger partial charge is 0.416 e. The third kappa shape index (κ3) is 4.09. The standard InChI is InChI=1S/C18H13ClF3N3/c19-15-4-2-1-3-14(15)16-17(24-10-9-23-16)25-11-12-5-7-13(8-6-12)18(20,21)22/h1-10H,11H2,(H,24,25). The molecule has 1 aromatic heterocycles. The lowest BCUT2D eigenvalue weighted by Crippen LogP contribution is -2.07. The number of aromatic nitrogens is 2. The SMILES string of the molecule is FC(F)(F)c1ccc(CNc2nccnc2-c2ccccc2Cl)cc1. The molecule has 0 fully saturated rings. The second kappa shape index (κ2) is 7.11. The number of benzene rings is 2. The summed E-state index contributed by atoms with van der Waals surface area (Å²) in [5, 5.41) is 3.64. The van der Waals surface area contributed by atoms with Gasteiger partial charge in [-0.15, -0.1) is 0 Å². The molecule has 0 aliphatic rings. The molecular formula is C18H13ClF3N3. The van der Waals surface area contributed by atoms with Crippen LogP contribution in [0.5, 0.6) is 0 Å². The Labute approximate surface area is 147 Å². The Bertz CT molecular complexity index is 864. The summed E-state index contributed by atoms with van der Waals surface area (Å²) in [6.45, 7) is 0.314. The van der Waals surface area contributed by atoms with Crippen LogP contribution in [0.2, 0.25) is 5.02 Å². The Hall–Kier alpha value is -2.60. The molecule has 0 saturated heterocycles. The molecule has 0 saturated carbocycles. The van der Waals surface area contributed by atoms with Crippen LogP contribution in [0, 0.1) is 0 Å². The van der Waals surface area contributed by atoms with E-state index in [9.17, 15) is 13.2 Å². The molecule has 0 unspecified atom stereocenters. The average Bonchev–Trinajstić information content (AvgIpc) is 2.60. The van der Waals surface area contributed by atoms with Crippen molar-refractivity contribution >= 4 is 17.4 Å². The highest BCUT2D eigenvalue weighted by molar-refractivity contribution is 6.33. The second-order valence-corrected chi connectivity index (χ2v) is 5.69. The van der Waals surface area contributed by atoms with Gasteiger partial charge in [0.1, 0.15) is 5.69 Å². The van der Waals surface area contributed by atoms with E-state index in [1.165, 1.54) is 18.3 Å². The molecule has 1 heterocycles. The minimum Gasteiger partial charge on any atom is -0.364 e. The Morgan fingerprint density at radius 2 is 1.60 bits per heavy atom. The molecular weight excluding hydrogens is 351 g/mol. The first-order valence-electron chi connectivity index (χ1n) is 7.41. The number of alkyl halides is 3. The number of nitrogens with zero attached hydrogens (tertiary/aromatic N) is 2. The van der Waals surface area contributed by atoms with Gasteiger partial charge in [-0.25, -0.2) is 4.98 Å². The first-order chi connectivity index (χ1) is 11.9. The van der Waals surface area contributed by atoms with Gasteiger partial charge in [0.05, 0.1) is 10.6 Å².